The lowest BCUT2D eigenvalue weighted by molar-refractivity contribution is 0.0218. The van der Waals surface area contributed by atoms with Crippen molar-refractivity contribution < 1.29 is 9.50 Å². The first-order valence-electron chi connectivity index (χ1n) is 5.32. The van der Waals surface area contributed by atoms with Gasteiger partial charge in [0.2, 0.25) is 0 Å². The van der Waals surface area contributed by atoms with E-state index in [0.717, 1.165) is 24.9 Å². The fourth-order valence-electron chi connectivity index (χ4n) is 2.15. The van der Waals surface area contributed by atoms with Gasteiger partial charge in [-0.05, 0) is 44.0 Å². The van der Waals surface area contributed by atoms with E-state index in [1.165, 1.54) is 12.1 Å². The molecule has 2 atom stereocenters. The zero-order valence-corrected chi connectivity index (χ0v) is 8.83. The Labute approximate surface area is 89.1 Å². The molecule has 0 spiro atoms. The summed E-state index contributed by atoms with van der Waals surface area (Å²) in [4.78, 5) is 0. The fourth-order valence-corrected chi connectivity index (χ4v) is 2.15. The Kier molecular flexibility index (Phi) is 2.76. The number of hydrogen-bond acceptors (Lipinski definition) is 2. The summed E-state index contributed by atoms with van der Waals surface area (Å²) in [5.74, 6) is -0.270. The van der Waals surface area contributed by atoms with E-state index in [1.54, 1.807) is 19.1 Å². The van der Waals surface area contributed by atoms with Gasteiger partial charge in [0.15, 0.2) is 0 Å². The summed E-state index contributed by atoms with van der Waals surface area (Å²) >= 11 is 0. The van der Waals surface area contributed by atoms with Crippen LogP contribution in [0.25, 0.3) is 0 Å². The SMILES string of the molecule is CC(O)(c1ccc(F)cc1)[C@@H]1CCCN1. The van der Waals surface area contributed by atoms with Crippen molar-refractivity contribution in [3.05, 3.63) is 35.6 Å². The highest BCUT2D eigenvalue weighted by molar-refractivity contribution is 5.24. The van der Waals surface area contributed by atoms with E-state index >= 15 is 0 Å². The lowest BCUT2D eigenvalue weighted by atomic mass is 9.87. The van der Waals surface area contributed by atoms with E-state index in [-0.39, 0.29) is 11.9 Å². The first-order chi connectivity index (χ1) is 7.10. The van der Waals surface area contributed by atoms with Gasteiger partial charge in [-0.15, -0.1) is 0 Å². The number of benzene rings is 1. The Morgan fingerprint density at radius 3 is 2.60 bits per heavy atom. The third kappa shape index (κ3) is 2.03. The van der Waals surface area contributed by atoms with Gasteiger partial charge in [0, 0.05) is 6.04 Å². The predicted octanol–water partition coefficient (Wildman–Crippen LogP) is 1.79. The van der Waals surface area contributed by atoms with E-state index < -0.39 is 5.60 Å². The first-order valence-corrected chi connectivity index (χ1v) is 5.32. The maximum Gasteiger partial charge on any atom is 0.123 e. The van der Waals surface area contributed by atoms with Crippen LogP contribution in [0.3, 0.4) is 0 Å². The maximum absolute atomic E-state index is 12.8. The Hall–Kier alpha value is -0.930. The first kappa shape index (κ1) is 10.6. The Morgan fingerprint density at radius 2 is 2.07 bits per heavy atom. The Balaban J connectivity index is 2.23. The molecular formula is C12H16FNO. The summed E-state index contributed by atoms with van der Waals surface area (Å²) < 4.78 is 12.8. The van der Waals surface area contributed by atoms with Gasteiger partial charge in [0.05, 0.1) is 0 Å². The number of aliphatic hydroxyl groups is 1. The molecule has 1 aliphatic rings. The van der Waals surface area contributed by atoms with E-state index in [9.17, 15) is 9.50 Å². The van der Waals surface area contributed by atoms with E-state index in [4.69, 9.17) is 0 Å². The van der Waals surface area contributed by atoms with Crippen molar-refractivity contribution >= 4 is 0 Å². The third-order valence-electron chi connectivity index (χ3n) is 3.17. The van der Waals surface area contributed by atoms with Gasteiger partial charge in [0.1, 0.15) is 11.4 Å². The zero-order chi connectivity index (χ0) is 10.9. The Bertz CT molecular complexity index is 328. The second-order valence-electron chi connectivity index (χ2n) is 4.30. The summed E-state index contributed by atoms with van der Waals surface area (Å²) in [5.41, 5.74) is -0.146. The highest BCUT2D eigenvalue weighted by Crippen LogP contribution is 2.29. The largest absolute Gasteiger partial charge is 0.384 e. The van der Waals surface area contributed by atoms with Crippen molar-refractivity contribution in [2.75, 3.05) is 6.54 Å². The molecule has 1 heterocycles. The van der Waals surface area contributed by atoms with Gasteiger partial charge < -0.3 is 10.4 Å². The molecule has 1 fully saturated rings. The van der Waals surface area contributed by atoms with Gasteiger partial charge in [-0.2, -0.15) is 0 Å². The van der Waals surface area contributed by atoms with Gasteiger partial charge in [0.25, 0.3) is 0 Å². The van der Waals surface area contributed by atoms with Crippen LogP contribution in [0.5, 0.6) is 0 Å². The second kappa shape index (κ2) is 3.91. The van der Waals surface area contributed by atoms with E-state index in [2.05, 4.69) is 5.32 Å². The van der Waals surface area contributed by atoms with Gasteiger partial charge in [-0.1, -0.05) is 12.1 Å². The molecule has 2 N–H and O–H groups in total. The molecule has 0 bridgehead atoms. The maximum atomic E-state index is 12.8. The zero-order valence-electron chi connectivity index (χ0n) is 8.83. The lowest BCUT2D eigenvalue weighted by Crippen LogP contribution is -2.42. The van der Waals surface area contributed by atoms with Crippen LogP contribution < -0.4 is 5.32 Å². The molecule has 0 radical (unpaired) electrons. The van der Waals surface area contributed by atoms with Crippen LogP contribution in [-0.4, -0.2) is 17.7 Å². The van der Waals surface area contributed by atoms with Crippen molar-refractivity contribution in [2.45, 2.75) is 31.4 Å². The number of halogens is 1. The second-order valence-corrected chi connectivity index (χ2v) is 4.30. The molecule has 0 amide bonds. The van der Waals surface area contributed by atoms with E-state index in [0.29, 0.717) is 0 Å². The molecule has 3 heteroatoms. The van der Waals surface area contributed by atoms with Crippen molar-refractivity contribution in [1.82, 2.24) is 5.32 Å². The van der Waals surface area contributed by atoms with Crippen LogP contribution in [-0.2, 0) is 5.60 Å². The minimum atomic E-state index is -0.912. The molecule has 2 rings (SSSR count). The molecule has 2 nitrogen and oxygen atoms in total. The van der Waals surface area contributed by atoms with Crippen LogP contribution in [0, 0.1) is 5.82 Å². The number of rotatable bonds is 2. The fraction of sp³-hybridized carbons (Fsp3) is 0.500. The van der Waals surface area contributed by atoms with Crippen LogP contribution in [0.2, 0.25) is 0 Å². The van der Waals surface area contributed by atoms with Crippen LogP contribution in [0.1, 0.15) is 25.3 Å². The lowest BCUT2D eigenvalue weighted by Gasteiger charge is -2.30. The Morgan fingerprint density at radius 1 is 1.40 bits per heavy atom. The molecule has 82 valence electrons. The average molecular weight is 209 g/mol. The summed E-state index contributed by atoms with van der Waals surface area (Å²) in [7, 11) is 0. The van der Waals surface area contributed by atoms with Crippen LogP contribution in [0.15, 0.2) is 24.3 Å². The standard InChI is InChI=1S/C12H16FNO/c1-12(15,11-3-2-8-14-11)9-4-6-10(13)7-5-9/h4-7,11,14-15H,2-3,8H2,1H3/t11-,12?/m0/s1. The highest BCUT2D eigenvalue weighted by Gasteiger charge is 2.35. The normalized spacial score (nSPS) is 25.1. The summed E-state index contributed by atoms with van der Waals surface area (Å²) in [6, 6.07) is 6.14. The molecule has 1 aromatic rings. The summed E-state index contributed by atoms with van der Waals surface area (Å²) in [6.07, 6.45) is 2.05. The minimum absolute atomic E-state index is 0.0722. The van der Waals surface area contributed by atoms with Crippen molar-refractivity contribution in [2.24, 2.45) is 0 Å². The molecule has 1 aliphatic heterocycles. The minimum Gasteiger partial charge on any atom is -0.384 e. The molecule has 0 saturated carbocycles. The van der Waals surface area contributed by atoms with Crippen molar-refractivity contribution in [3.63, 3.8) is 0 Å². The predicted molar refractivity (Wildman–Crippen MR) is 57.0 cm³/mol. The van der Waals surface area contributed by atoms with Crippen LogP contribution in [0.4, 0.5) is 4.39 Å². The topological polar surface area (TPSA) is 32.3 Å². The molecule has 1 saturated heterocycles. The molecule has 0 aliphatic carbocycles. The average Bonchev–Trinajstić information content (AvgIpc) is 2.71. The smallest absolute Gasteiger partial charge is 0.123 e. The van der Waals surface area contributed by atoms with Gasteiger partial charge in [-0.3, -0.25) is 0 Å². The molecule has 15 heavy (non-hydrogen) atoms. The van der Waals surface area contributed by atoms with E-state index in [1.807, 2.05) is 0 Å². The molecule has 0 aromatic heterocycles. The third-order valence-corrected chi connectivity index (χ3v) is 3.17. The summed E-state index contributed by atoms with van der Waals surface area (Å²) in [6.45, 7) is 2.73. The highest BCUT2D eigenvalue weighted by atomic mass is 19.1. The van der Waals surface area contributed by atoms with Crippen molar-refractivity contribution in [1.29, 1.82) is 0 Å². The van der Waals surface area contributed by atoms with Crippen molar-refractivity contribution in [3.8, 4) is 0 Å². The molecule has 1 aromatic carbocycles. The monoisotopic (exact) mass is 209 g/mol. The van der Waals surface area contributed by atoms with Crippen LogP contribution >= 0.6 is 0 Å². The number of hydrogen-bond donors (Lipinski definition) is 2. The molecular weight excluding hydrogens is 193 g/mol. The van der Waals surface area contributed by atoms with Gasteiger partial charge >= 0.3 is 0 Å². The quantitative estimate of drug-likeness (QED) is 0.778. The number of nitrogens with one attached hydrogen (secondary N) is 1. The summed E-state index contributed by atoms with van der Waals surface area (Å²) in [5, 5.41) is 13.7. The molecule has 1 unspecified atom stereocenters. The van der Waals surface area contributed by atoms with Gasteiger partial charge in [-0.25, -0.2) is 4.39 Å².